The third-order valence-corrected chi connectivity index (χ3v) is 6.62. The van der Waals surface area contributed by atoms with Crippen LogP contribution in [-0.2, 0) is 17.9 Å². The second-order valence-electron chi connectivity index (χ2n) is 9.15. The van der Waals surface area contributed by atoms with Gasteiger partial charge >= 0.3 is 0 Å². The topological polar surface area (TPSA) is 50.8 Å². The number of nitrogens with zero attached hydrogens (tertiary/aromatic N) is 3. The first-order chi connectivity index (χ1) is 15.2. The summed E-state index contributed by atoms with van der Waals surface area (Å²) in [4.78, 5) is 12.2. The van der Waals surface area contributed by atoms with Crippen molar-refractivity contribution < 1.29 is 9.36 Å². The van der Waals surface area contributed by atoms with E-state index >= 15 is 0 Å². The van der Waals surface area contributed by atoms with Crippen molar-refractivity contribution in [1.82, 2.24) is 15.1 Å². The molecule has 3 aromatic rings. The Morgan fingerprint density at radius 2 is 1.94 bits per heavy atom. The number of carbonyl (C=O) groups is 1. The summed E-state index contributed by atoms with van der Waals surface area (Å²) in [5, 5.41) is 7.71. The number of carbonyl (C=O) groups excluding carboxylic acids is 1. The maximum absolute atomic E-state index is 12.2. The molecule has 0 saturated heterocycles. The third-order valence-electron chi connectivity index (χ3n) is 6.62. The Kier molecular flexibility index (Phi) is 5.83. The van der Waals surface area contributed by atoms with Crippen molar-refractivity contribution in [1.29, 1.82) is 0 Å². The van der Waals surface area contributed by atoms with Crippen molar-refractivity contribution in [2.45, 2.75) is 63.6 Å². The van der Waals surface area contributed by atoms with Gasteiger partial charge in [-0.3, -0.25) is 9.48 Å². The summed E-state index contributed by atoms with van der Waals surface area (Å²) in [7, 11) is 0. The molecule has 0 spiro atoms. The van der Waals surface area contributed by atoms with Gasteiger partial charge in [0.25, 0.3) is 5.91 Å². The highest BCUT2D eigenvalue weighted by Gasteiger charge is 2.26. The number of pyridine rings is 1. The lowest BCUT2D eigenvalue weighted by Crippen LogP contribution is -2.43. The van der Waals surface area contributed by atoms with E-state index in [0.717, 1.165) is 30.6 Å². The van der Waals surface area contributed by atoms with Crippen LogP contribution in [0.3, 0.4) is 0 Å². The molecule has 2 fully saturated rings. The van der Waals surface area contributed by atoms with Crippen LogP contribution in [0.5, 0.6) is 0 Å². The van der Waals surface area contributed by atoms with Crippen molar-refractivity contribution in [2.75, 3.05) is 0 Å². The summed E-state index contributed by atoms with van der Waals surface area (Å²) in [6, 6.07) is 17.6. The van der Waals surface area contributed by atoms with Crippen LogP contribution in [0.2, 0.25) is 0 Å². The Morgan fingerprint density at radius 3 is 2.77 bits per heavy atom. The fourth-order valence-corrected chi connectivity index (χ4v) is 4.89. The number of amides is 1. The zero-order chi connectivity index (χ0) is 21.0. The van der Waals surface area contributed by atoms with Gasteiger partial charge in [0.05, 0.1) is 11.3 Å². The zero-order valence-electron chi connectivity index (χ0n) is 18.0. The Labute approximate surface area is 184 Å². The number of nitrogens with one attached hydrogen (secondary N) is 1. The van der Waals surface area contributed by atoms with E-state index in [1.54, 1.807) is 0 Å². The van der Waals surface area contributed by atoms with Crippen LogP contribution in [0.15, 0.2) is 67.1 Å². The predicted octanol–water partition coefficient (Wildman–Crippen LogP) is 4.09. The average molecular weight is 416 g/mol. The second kappa shape index (κ2) is 9.04. The first kappa shape index (κ1) is 20.0. The lowest BCUT2D eigenvalue weighted by atomic mass is 9.78. The third kappa shape index (κ3) is 5.04. The zero-order valence-corrected chi connectivity index (χ0v) is 18.0. The largest absolute Gasteiger partial charge is 0.348 e. The molecule has 31 heavy (non-hydrogen) atoms. The van der Waals surface area contributed by atoms with E-state index in [0.29, 0.717) is 24.4 Å². The first-order valence-corrected chi connectivity index (χ1v) is 11.6. The van der Waals surface area contributed by atoms with Gasteiger partial charge in [0.2, 0.25) is 6.54 Å². The summed E-state index contributed by atoms with van der Waals surface area (Å²) in [6.07, 6.45) is 13.2. The molecule has 0 radical (unpaired) electrons. The van der Waals surface area contributed by atoms with Crippen molar-refractivity contribution in [3.8, 4) is 11.3 Å². The number of aromatic nitrogens is 3. The van der Waals surface area contributed by atoms with E-state index in [1.165, 1.54) is 31.2 Å². The van der Waals surface area contributed by atoms with Crippen LogP contribution in [0.1, 0.15) is 50.0 Å². The quantitative estimate of drug-likeness (QED) is 0.591. The molecule has 0 bridgehead atoms. The molecule has 2 aliphatic carbocycles. The number of hydrogen-bond donors (Lipinski definition) is 1. The molecule has 2 aliphatic rings. The summed E-state index contributed by atoms with van der Waals surface area (Å²) in [5.74, 6) is 1.38. The molecule has 2 unspecified atom stereocenters. The normalized spacial score (nSPS) is 21.0. The van der Waals surface area contributed by atoms with Crippen LogP contribution < -0.4 is 9.88 Å². The van der Waals surface area contributed by atoms with E-state index in [4.69, 9.17) is 0 Å². The molecule has 5 heteroatoms. The molecule has 160 valence electrons. The smallest absolute Gasteiger partial charge is 0.286 e. The lowest BCUT2D eigenvalue weighted by Gasteiger charge is -2.29. The van der Waals surface area contributed by atoms with Gasteiger partial charge in [-0.25, -0.2) is 0 Å². The van der Waals surface area contributed by atoms with Gasteiger partial charge in [-0.15, -0.1) is 0 Å². The molecule has 5 rings (SSSR count). The minimum Gasteiger partial charge on any atom is -0.348 e. The van der Waals surface area contributed by atoms with Crippen molar-refractivity contribution in [2.24, 2.45) is 5.92 Å². The standard InChI is InChI=1S/C26H30N4O/c31-26(28-24-11-12-24)19-29-15-5-10-23(18-29)25-13-14-27-30(25)17-20-6-4-9-22(16-20)21-7-2-1-3-8-21/h1-3,5,7-8,10,13-15,18,20,22,24H,4,6,9,11-12,16-17,19H2/p+1. The number of rotatable bonds is 7. The highest BCUT2D eigenvalue weighted by Crippen LogP contribution is 2.37. The van der Waals surface area contributed by atoms with Crippen molar-refractivity contribution in [3.05, 3.63) is 72.7 Å². The van der Waals surface area contributed by atoms with Gasteiger partial charge in [0.15, 0.2) is 12.4 Å². The van der Waals surface area contributed by atoms with Gasteiger partial charge in [-0.1, -0.05) is 36.8 Å². The predicted molar refractivity (Wildman–Crippen MR) is 120 cm³/mol. The van der Waals surface area contributed by atoms with Gasteiger partial charge in [-0.2, -0.15) is 9.67 Å². The molecule has 2 atom stereocenters. The van der Waals surface area contributed by atoms with Crippen LogP contribution >= 0.6 is 0 Å². The van der Waals surface area contributed by atoms with Gasteiger partial charge in [0, 0.05) is 24.8 Å². The van der Waals surface area contributed by atoms with Gasteiger partial charge in [0.1, 0.15) is 0 Å². The fraction of sp³-hybridized carbons (Fsp3) is 0.423. The van der Waals surface area contributed by atoms with E-state index in [9.17, 15) is 4.79 Å². The van der Waals surface area contributed by atoms with Crippen molar-refractivity contribution >= 4 is 5.91 Å². The van der Waals surface area contributed by atoms with E-state index < -0.39 is 0 Å². The Bertz CT molecular complexity index is 1020. The summed E-state index contributed by atoms with van der Waals surface area (Å²) in [5.41, 5.74) is 3.70. The molecule has 1 aromatic carbocycles. The van der Waals surface area contributed by atoms with E-state index in [2.05, 4.69) is 63.8 Å². The number of benzene rings is 1. The summed E-state index contributed by atoms with van der Waals surface area (Å²) < 4.78 is 4.12. The minimum atomic E-state index is 0.0901. The highest BCUT2D eigenvalue weighted by atomic mass is 16.2. The SMILES string of the molecule is O=C(C[n+]1cccc(-c2ccnn2CC2CCCC(c3ccccc3)C2)c1)NC1CC1. The molecule has 5 nitrogen and oxygen atoms in total. The Balaban J connectivity index is 1.27. The molecule has 2 aromatic heterocycles. The first-order valence-electron chi connectivity index (χ1n) is 11.6. The molecular weight excluding hydrogens is 384 g/mol. The maximum atomic E-state index is 12.2. The van der Waals surface area contributed by atoms with Gasteiger partial charge < -0.3 is 5.32 Å². The molecule has 1 amide bonds. The molecule has 2 heterocycles. The number of hydrogen-bond acceptors (Lipinski definition) is 2. The fourth-order valence-electron chi connectivity index (χ4n) is 4.89. The Morgan fingerprint density at radius 1 is 1.06 bits per heavy atom. The van der Waals surface area contributed by atoms with Crippen LogP contribution in [0, 0.1) is 5.92 Å². The maximum Gasteiger partial charge on any atom is 0.286 e. The minimum absolute atomic E-state index is 0.0901. The second-order valence-corrected chi connectivity index (χ2v) is 9.15. The molecule has 1 N–H and O–H groups in total. The summed E-state index contributed by atoms with van der Waals surface area (Å²) >= 11 is 0. The summed E-state index contributed by atoms with van der Waals surface area (Å²) in [6.45, 7) is 1.31. The van der Waals surface area contributed by atoms with Crippen molar-refractivity contribution in [3.63, 3.8) is 0 Å². The lowest BCUT2D eigenvalue weighted by molar-refractivity contribution is -0.684. The molecule has 0 aliphatic heterocycles. The molecular formula is C26H31N4O+. The average Bonchev–Trinajstić information content (AvgIpc) is 3.49. The van der Waals surface area contributed by atoms with Crippen LogP contribution in [-0.4, -0.2) is 21.7 Å². The van der Waals surface area contributed by atoms with E-state index in [1.807, 2.05) is 23.0 Å². The molecule has 2 saturated carbocycles. The monoisotopic (exact) mass is 415 g/mol. The van der Waals surface area contributed by atoms with Crippen LogP contribution in [0.4, 0.5) is 0 Å². The van der Waals surface area contributed by atoms with E-state index in [-0.39, 0.29) is 5.91 Å². The highest BCUT2D eigenvalue weighted by molar-refractivity contribution is 5.75. The van der Waals surface area contributed by atoms with Gasteiger partial charge in [-0.05, 0) is 61.6 Å². The van der Waals surface area contributed by atoms with Crippen LogP contribution in [0.25, 0.3) is 11.3 Å². The Hall–Kier alpha value is -2.95.